The summed E-state index contributed by atoms with van der Waals surface area (Å²) in [6, 6.07) is 0. The quantitative estimate of drug-likeness (QED) is 0.297. The third kappa shape index (κ3) is 150. The van der Waals surface area contributed by atoms with E-state index < -0.39 is 0 Å². The molecule has 0 bridgehead atoms. The van der Waals surface area contributed by atoms with Crippen molar-refractivity contribution in [1.82, 2.24) is 0 Å². The average Bonchev–Trinajstić information content (AvgIpc) is 0. The van der Waals surface area contributed by atoms with Gasteiger partial charge in [0, 0.05) is 21.7 Å². The van der Waals surface area contributed by atoms with Gasteiger partial charge in [0.05, 0.1) is 0 Å². The molecule has 0 aromatic carbocycles. The Kier molecular flexibility index (Phi) is 10200. The van der Waals surface area contributed by atoms with Gasteiger partial charge in [-0.25, -0.2) is 0 Å². The molecule has 0 heterocycles. The van der Waals surface area contributed by atoms with E-state index in [4.69, 9.17) is 0 Å². The van der Waals surface area contributed by atoms with Crippen LogP contribution in [0.3, 0.4) is 0 Å². The van der Waals surface area contributed by atoms with Crippen molar-refractivity contribution in [2.24, 2.45) is 0 Å². The molecule has 0 radical (unpaired) electrons. The van der Waals surface area contributed by atoms with Gasteiger partial charge in [-0.3, -0.25) is 0 Å². The standard InChI is InChI=1S/Li.5H2O.Ti.H/h;5*1H2;;/q+1;;;;;;;-1. The van der Waals surface area contributed by atoms with Gasteiger partial charge >= 0.3 is 18.9 Å². The summed E-state index contributed by atoms with van der Waals surface area (Å²) in [5.41, 5.74) is 0. The predicted molar refractivity (Wildman–Crippen MR) is 19.2 cm³/mol. The Morgan fingerprint density at radius 1 is 0.571 bits per heavy atom. The Labute approximate surface area is 69.6 Å². The van der Waals surface area contributed by atoms with Gasteiger partial charge in [0.1, 0.15) is 0 Å². The van der Waals surface area contributed by atoms with Crippen LogP contribution in [0.25, 0.3) is 0 Å². The summed E-state index contributed by atoms with van der Waals surface area (Å²) >= 11 is 0. The molecule has 0 saturated heterocycles. The molecule has 10 N–H and O–H groups in total. The minimum atomic E-state index is 0. The minimum absolute atomic E-state index is 0. The number of hydrogen-bond donors (Lipinski definition) is 0. The van der Waals surface area contributed by atoms with E-state index in [0.29, 0.717) is 0 Å². The maximum absolute atomic E-state index is 0. The van der Waals surface area contributed by atoms with Crippen molar-refractivity contribution < 1.29 is 69.4 Å². The molecule has 0 fully saturated rings. The Morgan fingerprint density at radius 2 is 0.571 bits per heavy atom. The Morgan fingerprint density at radius 3 is 0.571 bits per heavy atom. The van der Waals surface area contributed by atoms with Crippen LogP contribution in [-0.2, 0) is 21.7 Å². The van der Waals surface area contributed by atoms with Crippen molar-refractivity contribution in [3.8, 4) is 0 Å². The molecule has 0 saturated carbocycles. The third-order valence-corrected chi connectivity index (χ3v) is 0. The summed E-state index contributed by atoms with van der Waals surface area (Å²) in [5, 5.41) is 0. The molecule has 0 atom stereocenters. The van der Waals surface area contributed by atoms with Crippen LogP contribution in [0.15, 0.2) is 0 Å². The van der Waals surface area contributed by atoms with Gasteiger partial charge in [-0.05, 0) is 0 Å². The van der Waals surface area contributed by atoms with Gasteiger partial charge in [-0.15, -0.1) is 0 Å². The van der Waals surface area contributed by atoms with Crippen molar-refractivity contribution in [2.75, 3.05) is 0 Å². The van der Waals surface area contributed by atoms with Crippen LogP contribution in [0.2, 0.25) is 0 Å². The molecule has 7 heteroatoms. The van der Waals surface area contributed by atoms with Gasteiger partial charge in [-0.2, -0.15) is 0 Å². The molecule has 7 heavy (non-hydrogen) atoms. The summed E-state index contributed by atoms with van der Waals surface area (Å²) < 4.78 is 0. The molecule has 0 aliphatic heterocycles. The zero-order valence-electron chi connectivity index (χ0n) is 5.00. The van der Waals surface area contributed by atoms with Crippen molar-refractivity contribution in [3.05, 3.63) is 0 Å². The van der Waals surface area contributed by atoms with E-state index >= 15 is 0 Å². The van der Waals surface area contributed by atoms with Crippen molar-refractivity contribution in [1.29, 1.82) is 0 Å². The minimum Gasteiger partial charge on any atom is -1.00 e. The molecule has 0 rings (SSSR count). The first-order chi connectivity index (χ1) is 0. The first-order valence-electron chi connectivity index (χ1n) is 0. The zero-order valence-corrected chi connectivity index (χ0v) is 5.56. The zero-order chi connectivity index (χ0) is 0. The SMILES string of the molecule is O.O.O.O.O.[H-].[Li+].[Ti]. The third-order valence-electron chi connectivity index (χ3n) is 0. The van der Waals surface area contributed by atoms with Crippen molar-refractivity contribution in [3.63, 3.8) is 0 Å². The van der Waals surface area contributed by atoms with E-state index in [1.54, 1.807) is 0 Å². The van der Waals surface area contributed by atoms with E-state index in [2.05, 4.69) is 0 Å². The molecule has 5 nitrogen and oxygen atoms in total. The summed E-state index contributed by atoms with van der Waals surface area (Å²) in [6.07, 6.45) is 0. The van der Waals surface area contributed by atoms with E-state index in [0.717, 1.165) is 0 Å². The Hall–Kier alpha value is 1.11. The fourth-order valence-corrected chi connectivity index (χ4v) is 0. The van der Waals surface area contributed by atoms with E-state index in [1.165, 1.54) is 0 Å². The van der Waals surface area contributed by atoms with Gasteiger partial charge < -0.3 is 28.8 Å². The van der Waals surface area contributed by atoms with Crippen LogP contribution in [0, 0.1) is 0 Å². The molecule has 0 aliphatic carbocycles. The van der Waals surface area contributed by atoms with Crippen LogP contribution in [0.4, 0.5) is 0 Å². The largest absolute Gasteiger partial charge is 1.00 e. The van der Waals surface area contributed by atoms with Crippen LogP contribution >= 0.6 is 0 Å². The average molecular weight is 146 g/mol. The van der Waals surface area contributed by atoms with Crippen molar-refractivity contribution in [2.45, 2.75) is 0 Å². The van der Waals surface area contributed by atoms with Gasteiger partial charge in [0.25, 0.3) is 0 Å². The van der Waals surface area contributed by atoms with Crippen molar-refractivity contribution >= 4 is 0 Å². The fraction of sp³-hybridized carbons (Fsp3) is 0. The monoisotopic (exact) mass is 146 g/mol. The molecule has 0 aliphatic rings. The second-order valence-corrected chi connectivity index (χ2v) is 0. The Balaban J connectivity index is 0. The molecule has 46 valence electrons. The molecule has 0 aromatic rings. The molecule has 0 aromatic heterocycles. The normalized spacial score (nSPS) is 0. The maximum Gasteiger partial charge on any atom is 1.00 e. The first-order valence-corrected chi connectivity index (χ1v) is 0. The van der Waals surface area contributed by atoms with Crippen LogP contribution in [0.1, 0.15) is 1.43 Å². The molecular formula is H11LiO5Ti. The van der Waals surface area contributed by atoms with Gasteiger partial charge in [0.2, 0.25) is 0 Å². The topological polar surface area (TPSA) is 158 Å². The smallest absolute Gasteiger partial charge is 1.00 e. The number of hydrogen-bond acceptors (Lipinski definition) is 0. The fourth-order valence-electron chi connectivity index (χ4n) is 0. The summed E-state index contributed by atoms with van der Waals surface area (Å²) in [5.74, 6) is 0. The maximum atomic E-state index is 0. The van der Waals surface area contributed by atoms with E-state index in [-0.39, 0.29) is 69.4 Å². The Bertz CT molecular complexity index is 12.4. The van der Waals surface area contributed by atoms with E-state index in [1.807, 2.05) is 0 Å². The first kappa shape index (κ1) is 332. The van der Waals surface area contributed by atoms with Crippen LogP contribution < -0.4 is 18.9 Å². The second-order valence-electron chi connectivity index (χ2n) is 0. The molecule has 0 unspecified atom stereocenters. The van der Waals surface area contributed by atoms with Gasteiger partial charge in [0.15, 0.2) is 0 Å². The molecule has 0 amide bonds. The van der Waals surface area contributed by atoms with Crippen LogP contribution in [0.5, 0.6) is 0 Å². The van der Waals surface area contributed by atoms with Crippen LogP contribution in [-0.4, -0.2) is 27.4 Å². The summed E-state index contributed by atoms with van der Waals surface area (Å²) in [6.45, 7) is 0. The summed E-state index contributed by atoms with van der Waals surface area (Å²) in [7, 11) is 0. The second kappa shape index (κ2) is 215. The van der Waals surface area contributed by atoms with E-state index in [9.17, 15) is 0 Å². The number of rotatable bonds is 0. The predicted octanol–water partition coefficient (Wildman–Crippen LogP) is -7.01. The molecular weight excluding hydrogens is 135 g/mol. The van der Waals surface area contributed by atoms with Gasteiger partial charge in [-0.1, -0.05) is 0 Å². The summed E-state index contributed by atoms with van der Waals surface area (Å²) in [4.78, 5) is 0. The molecule has 0 spiro atoms.